The third-order valence-electron chi connectivity index (χ3n) is 4.77. The number of esters is 1. The second-order valence-corrected chi connectivity index (χ2v) is 7.97. The number of hydrogen-bond donors (Lipinski definition) is 1. The number of thiophene rings is 1. The Labute approximate surface area is 190 Å². The molecule has 0 atom stereocenters. The van der Waals surface area contributed by atoms with E-state index in [0.29, 0.717) is 39.8 Å². The Hall–Kier alpha value is -3.52. The van der Waals surface area contributed by atoms with E-state index in [9.17, 15) is 9.59 Å². The molecule has 0 saturated heterocycles. The lowest BCUT2D eigenvalue weighted by molar-refractivity contribution is 0.0603. The van der Waals surface area contributed by atoms with Crippen LogP contribution in [0, 0.1) is 6.92 Å². The van der Waals surface area contributed by atoms with Crippen molar-refractivity contribution in [2.45, 2.75) is 13.8 Å². The van der Waals surface area contributed by atoms with Crippen LogP contribution in [0.15, 0.2) is 42.5 Å². The number of hydrogen-bond acceptors (Lipinski definition) is 7. The molecule has 0 bridgehead atoms. The van der Waals surface area contributed by atoms with Crippen molar-refractivity contribution in [3.05, 3.63) is 58.5 Å². The average Bonchev–Trinajstić information content (AvgIpc) is 3.14. The number of nitrogens with one attached hydrogen (secondary N) is 1. The zero-order valence-electron chi connectivity index (χ0n) is 18.6. The van der Waals surface area contributed by atoms with Crippen molar-refractivity contribution < 1.29 is 28.5 Å². The number of amides is 1. The minimum absolute atomic E-state index is 0.308. The van der Waals surface area contributed by atoms with Crippen molar-refractivity contribution >= 4 is 28.2 Å². The van der Waals surface area contributed by atoms with Gasteiger partial charge in [-0.15, -0.1) is 11.3 Å². The van der Waals surface area contributed by atoms with Crippen LogP contribution in [0.5, 0.6) is 17.2 Å². The van der Waals surface area contributed by atoms with Crippen LogP contribution >= 0.6 is 11.3 Å². The molecule has 3 aromatic rings. The lowest BCUT2D eigenvalue weighted by Crippen LogP contribution is -2.14. The maximum Gasteiger partial charge on any atom is 0.341 e. The minimum atomic E-state index is -0.531. The third kappa shape index (κ3) is 4.86. The molecule has 8 heteroatoms. The van der Waals surface area contributed by atoms with Gasteiger partial charge in [0.25, 0.3) is 5.91 Å². The topological polar surface area (TPSA) is 83.1 Å². The van der Waals surface area contributed by atoms with Crippen molar-refractivity contribution in [1.29, 1.82) is 0 Å². The Morgan fingerprint density at radius 2 is 1.56 bits per heavy atom. The van der Waals surface area contributed by atoms with Crippen LogP contribution in [0.1, 0.15) is 32.5 Å². The summed E-state index contributed by atoms with van der Waals surface area (Å²) >= 11 is 1.31. The summed E-state index contributed by atoms with van der Waals surface area (Å²) in [5.74, 6) is 0.785. The summed E-state index contributed by atoms with van der Waals surface area (Å²) in [6.07, 6.45) is 0. The number of rotatable bonds is 8. The molecule has 0 saturated carbocycles. The van der Waals surface area contributed by atoms with E-state index in [4.69, 9.17) is 18.9 Å². The minimum Gasteiger partial charge on any atom is -0.497 e. The fraction of sp³-hybridized carbons (Fsp3) is 0.250. The zero-order valence-corrected chi connectivity index (χ0v) is 19.4. The molecule has 32 heavy (non-hydrogen) atoms. The molecule has 3 rings (SSSR count). The number of carbonyl (C=O) groups excluding carboxylic acids is 2. The van der Waals surface area contributed by atoms with Crippen LogP contribution in [0.3, 0.4) is 0 Å². The van der Waals surface area contributed by atoms with Crippen LogP contribution in [0.4, 0.5) is 5.00 Å². The normalized spacial score (nSPS) is 10.4. The number of anilines is 1. The predicted octanol–water partition coefficient (Wildman–Crippen LogP) is 5.18. The number of benzene rings is 2. The fourth-order valence-corrected chi connectivity index (χ4v) is 4.33. The van der Waals surface area contributed by atoms with Gasteiger partial charge >= 0.3 is 5.97 Å². The monoisotopic (exact) mass is 455 g/mol. The van der Waals surface area contributed by atoms with Crippen LogP contribution in [0.2, 0.25) is 0 Å². The largest absolute Gasteiger partial charge is 0.497 e. The third-order valence-corrected chi connectivity index (χ3v) is 5.79. The molecule has 7 nitrogen and oxygen atoms in total. The molecule has 0 fully saturated rings. The first kappa shape index (κ1) is 23.1. The highest BCUT2D eigenvalue weighted by Gasteiger charge is 2.25. The van der Waals surface area contributed by atoms with Gasteiger partial charge in [-0.05, 0) is 43.7 Å². The van der Waals surface area contributed by atoms with E-state index in [-0.39, 0.29) is 0 Å². The van der Waals surface area contributed by atoms with Gasteiger partial charge in [0.1, 0.15) is 27.8 Å². The molecule has 0 spiro atoms. The Bertz CT molecular complexity index is 1100. The molecular weight excluding hydrogens is 430 g/mol. The van der Waals surface area contributed by atoms with Crippen LogP contribution < -0.4 is 19.5 Å². The van der Waals surface area contributed by atoms with Crippen LogP contribution in [-0.2, 0) is 4.74 Å². The average molecular weight is 456 g/mol. The zero-order chi connectivity index (χ0) is 23.3. The first-order chi connectivity index (χ1) is 15.4. The summed E-state index contributed by atoms with van der Waals surface area (Å²) < 4.78 is 21.0. The lowest BCUT2D eigenvalue weighted by Gasteiger charge is -2.10. The van der Waals surface area contributed by atoms with E-state index in [0.717, 1.165) is 16.2 Å². The Kier molecular flexibility index (Phi) is 7.37. The maximum atomic E-state index is 13.0. The van der Waals surface area contributed by atoms with Gasteiger partial charge in [-0.1, -0.05) is 12.1 Å². The highest BCUT2D eigenvalue weighted by molar-refractivity contribution is 7.17. The van der Waals surface area contributed by atoms with Gasteiger partial charge in [0.2, 0.25) is 0 Å². The smallest absolute Gasteiger partial charge is 0.341 e. The van der Waals surface area contributed by atoms with Gasteiger partial charge in [0.15, 0.2) is 0 Å². The molecule has 2 aromatic carbocycles. The van der Waals surface area contributed by atoms with Gasteiger partial charge in [0.05, 0.1) is 27.9 Å². The SMILES string of the molecule is CCOc1ccc(-c2c(C)sc(NC(=O)c3cc(OC)cc(OC)c3)c2C(=O)OC)cc1. The summed E-state index contributed by atoms with van der Waals surface area (Å²) in [5, 5.41) is 3.26. The molecule has 1 amide bonds. The number of carbonyl (C=O) groups is 2. The summed E-state index contributed by atoms with van der Waals surface area (Å²) in [6.45, 7) is 4.38. The lowest BCUT2D eigenvalue weighted by atomic mass is 10.0. The van der Waals surface area contributed by atoms with Crippen molar-refractivity contribution in [2.75, 3.05) is 33.3 Å². The van der Waals surface area contributed by atoms with E-state index in [1.807, 2.05) is 38.1 Å². The Morgan fingerprint density at radius 3 is 2.09 bits per heavy atom. The fourth-order valence-electron chi connectivity index (χ4n) is 3.28. The van der Waals surface area contributed by atoms with Crippen molar-refractivity contribution in [3.63, 3.8) is 0 Å². The van der Waals surface area contributed by atoms with E-state index in [2.05, 4.69) is 5.32 Å². The molecule has 0 aliphatic rings. The predicted molar refractivity (Wildman–Crippen MR) is 124 cm³/mol. The van der Waals surface area contributed by atoms with Gasteiger partial charge in [-0.2, -0.15) is 0 Å². The summed E-state index contributed by atoms with van der Waals surface area (Å²) in [4.78, 5) is 26.6. The van der Waals surface area contributed by atoms with E-state index < -0.39 is 11.9 Å². The molecule has 1 N–H and O–H groups in total. The van der Waals surface area contributed by atoms with Gasteiger partial charge in [-0.3, -0.25) is 4.79 Å². The number of ether oxygens (including phenoxy) is 4. The highest BCUT2D eigenvalue weighted by atomic mass is 32.1. The highest BCUT2D eigenvalue weighted by Crippen LogP contribution is 2.41. The van der Waals surface area contributed by atoms with Gasteiger partial charge in [0, 0.05) is 22.1 Å². The van der Waals surface area contributed by atoms with Crippen molar-refractivity contribution in [3.8, 4) is 28.4 Å². The van der Waals surface area contributed by atoms with E-state index in [1.54, 1.807) is 18.2 Å². The molecule has 0 radical (unpaired) electrons. The first-order valence-electron chi connectivity index (χ1n) is 9.91. The molecule has 0 unspecified atom stereocenters. The van der Waals surface area contributed by atoms with Crippen LogP contribution in [0.25, 0.3) is 11.1 Å². The second-order valence-electron chi connectivity index (χ2n) is 6.74. The Balaban J connectivity index is 2.01. The molecule has 0 aliphatic carbocycles. The quantitative estimate of drug-likeness (QED) is 0.472. The van der Waals surface area contributed by atoms with Gasteiger partial charge < -0.3 is 24.3 Å². The number of aryl methyl sites for hydroxylation is 1. The molecule has 168 valence electrons. The molecule has 1 heterocycles. The Morgan fingerprint density at radius 1 is 0.938 bits per heavy atom. The van der Waals surface area contributed by atoms with Crippen molar-refractivity contribution in [1.82, 2.24) is 0 Å². The second kappa shape index (κ2) is 10.2. The first-order valence-corrected chi connectivity index (χ1v) is 10.7. The van der Waals surface area contributed by atoms with E-state index >= 15 is 0 Å². The van der Waals surface area contributed by atoms with Crippen LogP contribution in [-0.4, -0.2) is 39.8 Å². The molecule has 1 aromatic heterocycles. The number of methoxy groups -OCH3 is 3. The van der Waals surface area contributed by atoms with E-state index in [1.165, 1.54) is 32.7 Å². The molecular formula is C24H25NO6S. The molecule has 0 aliphatic heterocycles. The standard InChI is InChI=1S/C24H25NO6S/c1-6-31-17-9-7-15(8-10-17)20-14(2)32-23(21(20)24(27)30-5)25-22(26)16-11-18(28-3)13-19(12-16)29-4/h7-13H,6H2,1-5H3,(H,25,26). The summed E-state index contributed by atoms with van der Waals surface area (Å²) in [7, 11) is 4.34. The maximum absolute atomic E-state index is 13.0. The van der Waals surface area contributed by atoms with Crippen molar-refractivity contribution in [2.24, 2.45) is 0 Å². The summed E-state index contributed by atoms with van der Waals surface area (Å²) in [5.41, 5.74) is 2.18. The summed E-state index contributed by atoms with van der Waals surface area (Å²) in [6, 6.07) is 12.3. The van der Waals surface area contributed by atoms with Gasteiger partial charge in [-0.25, -0.2) is 4.79 Å².